The van der Waals surface area contributed by atoms with Gasteiger partial charge in [0.05, 0.1) is 17.3 Å². The second-order valence-electron chi connectivity index (χ2n) is 12.5. The molecule has 5 rings (SSSR count). The number of likely N-dealkylation sites (tertiary alicyclic amines) is 1. The summed E-state index contributed by atoms with van der Waals surface area (Å²) in [5, 5.41) is 9.27. The van der Waals surface area contributed by atoms with Crippen molar-refractivity contribution in [1.29, 1.82) is 0 Å². The highest BCUT2D eigenvalue weighted by Gasteiger charge is 2.32. The molecule has 7 nitrogen and oxygen atoms in total. The fourth-order valence-electron chi connectivity index (χ4n) is 5.59. The average molecular weight is 636 g/mol. The molecule has 1 atom stereocenters. The molecule has 0 aliphatic carbocycles. The molecule has 1 saturated heterocycles. The highest BCUT2D eigenvalue weighted by Crippen LogP contribution is 2.40. The van der Waals surface area contributed by atoms with E-state index < -0.39 is 18.5 Å². The van der Waals surface area contributed by atoms with E-state index in [2.05, 4.69) is 25.4 Å². The van der Waals surface area contributed by atoms with Gasteiger partial charge in [-0.15, -0.1) is 5.10 Å². The third-order valence-corrected chi connectivity index (χ3v) is 7.51. The minimum atomic E-state index is -4.50. The lowest BCUT2D eigenvalue weighted by Crippen LogP contribution is -2.41. The minimum absolute atomic E-state index is 0.0407. The first-order valence-electron chi connectivity index (χ1n) is 15.2. The Balaban J connectivity index is 1.40. The number of benzene rings is 2. The molecule has 11 heteroatoms. The van der Waals surface area contributed by atoms with Crippen LogP contribution >= 0.6 is 0 Å². The van der Waals surface area contributed by atoms with Gasteiger partial charge in [0.1, 0.15) is 6.10 Å². The molecular formula is C35H37F4N5O2. The van der Waals surface area contributed by atoms with Crippen LogP contribution in [0.5, 0.6) is 5.88 Å². The molecule has 0 saturated carbocycles. The lowest BCUT2D eigenvalue weighted by Gasteiger charge is -2.31. The van der Waals surface area contributed by atoms with Crippen LogP contribution in [0.3, 0.4) is 0 Å². The van der Waals surface area contributed by atoms with Crippen molar-refractivity contribution < 1.29 is 27.1 Å². The molecule has 0 spiro atoms. The van der Waals surface area contributed by atoms with Crippen LogP contribution in [-0.4, -0.2) is 63.4 Å². The molecule has 3 heterocycles. The van der Waals surface area contributed by atoms with Crippen LogP contribution in [0.15, 0.2) is 79.0 Å². The fourth-order valence-corrected chi connectivity index (χ4v) is 5.59. The molecule has 4 aromatic rings. The molecule has 46 heavy (non-hydrogen) atoms. The Morgan fingerprint density at radius 2 is 1.83 bits per heavy atom. The predicted molar refractivity (Wildman–Crippen MR) is 170 cm³/mol. The number of carbonyl (C=O) groups excluding carboxylic acids is 1. The van der Waals surface area contributed by atoms with Gasteiger partial charge in [-0.2, -0.15) is 17.6 Å². The summed E-state index contributed by atoms with van der Waals surface area (Å²) in [7, 11) is 0. The molecule has 2 aromatic carbocycles. The van der Waals surface area contributed by atoms with Crippen LogP contribution in [0.2, 0.25) is 0 Å². The SMILES string of the molecule is CC(C)(C)NC(=O)/C=C/CN1CCCC(Oc2ccc(/C(=C(/CC(F)(F)F)c3ccccc3)c3ccc4[nH]nc(F)c4c3)cn2)C1. The van der Waals surface area contributed by atoms with Gasteiger partial charge in [-0.25, -0.2) is 4.98 Å². The number of rotatable bonds is 9. The lowest BCUT2D eigenvalue weighted by molar-refractivity contribution is -0.123. The second kappa shape index (κ2) is 13.9. The topological polar surface area (TPSA) is 83.1 Å². The van der Waals surface area contributed by atoms with Gasteiger partial charge in [-0.05, 0) is 80.6 Å². The molecule has 0 radical (unpaired) electrons. The third kappa shape index (κ3) is 8.81. The highest BCUT2D eigenvalue weighted by molar-refractivity contribution is 6.00. The van der Waals surface area contributed by atoms with Crippen LogP contribution < -0.4 is 10.1 Å². The summed E-state index contributed by atoms with van der Waals surface area (Å²) in [6.45, 7) is 7.88. The van der Waals surface area contributed by atoms with Gasteiger partial charge in [0, 0.05) is 42.5 Å². The zero-order valence-electron chi connectivity index (χ0n) is 26.0. The smallest absolute Gasteiger partial charge is 0.393 e. The zero-order valence-corrected chi connectivity index (χ0v) is 26.0. The van der Waals surface area contributed by atoms with Crippen LogP contribution in [0, 0.1) is 5.95 Å². The normalized spacial score (nSPS) is 16.9. The number of hydrogen-bond donors (Lipinski definition) is 2. The van der Waals surface area contributed by atoms with Gasteiger partial charge in [0.2, 0.25) is 17.7 Å². The molecule has 2 N–H and O–H groups in total. The van der Waals surface area contributed by atoms with E-state index in [1.165, 1.54) is 12.3 Å². The molecule has 242 valence electrons. The summed E-state index contributed by atoms with van der Waals surface area (Å²) < 4.78 is 62.7. The maximum atomic E-state index is 14.5. The number of allylic oxidation sites excluding steroid dienone is 1. The first kappa shape index (κ1) is 32.9. The second-order valence-corrected chi connectivity index (χ2v) is 12.5. The number of pyridine rings is 1. The molecule has 1 fully saturated rings. The van der Waals surface area contributed by atoms with Crippen molar-refractivity contribution in [2.45, 2.75) is 57.9 Å². The largest absolute Gasteiger partial charge is 0.473 e. The first-order valence-corrected chi connectivity index (χ1v) is 15.2. The molecule has 0 bridgehead atoms. The number of aromatic amines is 1. The Morgan fingerprint density at radius 3 is 2.52 bits per heavy atom. The first-order chi connectivity index (χ1) is 21.8. The van der Waals surface area contributed by atoms with Crippen molar-refractivity contribution in [2.75, 3.05) is 19.6 Å². The van der Waals surface area contributed by atoms with Crippen molar-refractivity contribution in [3.8, 4) is 5.88 Å². The number of halogens is 4. The summed E-state index contributed by atoms with van der Waals surface area (Å²) in [6, 6.07) is 16.4. The molecule has 1 amide bonds. The molecule has 1 aliphatic rings. The Labute approximate surface area is 265 Å². The average Bonchev–Trinajstić information content (AvgIpc) is 3.36. The van der Waals surface area contributed by atoms with Gasteiger partial charge in [-0.1, -0.05) is 42.5 Å². The van der Waals surface area contributed by atoms with E-state index in [0.717, 1.165) is 19.4 Å². The van der Waals surface area contributed by atoms with Crippen molar-refractivity contribution >= 4 is 28.0 Å². The van der Waals surface area contributed by atoms with Crippen LogP contribution in [0.25, 0.3) is 22.0 Å². The summed E-state index contributed by atoms with van der Waals surface area (Å²) >= 11 is 0. The minimum Gasteiger partial charge on any atom is -0.473 e. The lowest BCUT2D eigenvalue weighted by atomic mass is 9.88. The predicted octanol–water partition coefficient (Wildman–Crippen LogP) is 7.32. The van der Waals surface area contributed by atoms with E-state index in [9.17, 15) is 22.4 Å². The van der Waals surface area contributed by atoms with Crippen molar-refractivity contribution in [2.24, 2.45) is 0 Å². The van der Waals surface area contributed by atoms with Gasteiger partial charge < -0.3 is 10.1 Å². The van der Waals surface area contributed by atoms with E-state index in [1.807, 2.05) is 26.8 Å². The number of piperidine rings is 1. The van der Waals surface area contributed by atoms with E-state index >= 15 is 0 Å². The number of carbonyl (C=O) groups is 1. The number of hydrogen-bond acceptors (Lipinski definition) is 5. The van der Waals surface area contributed by atoms with Crippen LogP contribution in [0.4, 0.5) is 17.6 Å². The number of fused-ring (bicyclic) bond motifs is 1. The molecule has 1 unspecified atom stereocenters. The number of H-pyrrole nitrogens is 1. The van der Waals surface area contributed by atoms with Gasteiger partial charge >= 0.3 is 6.18 Å². The van der Waals surface area contributed by atoms with Crippen molar-refractivity contribution in [3.63, 3.8) is 0 Å². The van der Waals surface area contributed by atoms with E-state index in [0.29, 0.717) is 41.2 Å². The maximum absolute atomic E-state index is 14.5. The highest BCUT2D eigenvalue weighted by atomic mass is 19.4. The van der Waals surface area contributed by atoms with E-state index in [4.69, 9.17) is 4.74 Å². The number of alkyl halides is 3. The number of nitrogens with one attached hydrogen (secondary N) is 2. The Morgan fingerprint density at radius 1 is 1.07 bits per heavy atom. The number of ether oxygens (including phenoxy) is 1. The van der Waals surface area contributed by atoms with Crippen molar-refractivity contribution in [1.82, 2.24) is 25.4 Å². The summed E-state index contributed by atoms with van der Waals surface area (Å²) in [6.07, 6.45) is 0.760. The number of amides is 1. The Hall–Kier alpha value is -4.51. The van der Waals surface area contributed by atoms with Gasteiger partial charge in [-0.3, -0.25) is 14.8 Å². The summed E-state index contributed by atoms with van der Waals surface area (Å²) in [5.41, 5.74) is 1.69. The molecule has 2 aromatic heterocycles. The summed E-state index contributed by atoms with van der Waals surface area (Å²) in [5.74, 6) is -0.528. The van der Waals surface area contributed by atoms with Crippen LogP contribution in [0.1, 0.15) is 56.7 Å². The monoisotopic (exact) mass is 635 g/mol. The van der Waals surface area contributed by atoms with Gasteiger partial charge in [0.25, 0.3) is 0 Å². The number of aromatic nitrogens is 3. The fraction of sp³-hybridized carbons (Fsp3) is 0.343. The molecule has 1 aliphatic heterocycles. The Bertz CT molecular complexity index is 1710. The van der Waals surface area contributed by atoms with Crippen molar-refractivity contribution in [3.05, 3.63) is 102 Å². The quantitative estimate of drug-likeness (QED) is 0.114. The summed E-state index contributed by atoms with van der Waals surface area (Å²) in [4.78, 5) is 18.8. The van der Waals surface area contributed by atoms with E-state index in [1.54, 1.807) is 60.7 Å². The third-order valence-electron chi connectivity index (χ3n) is 7.51. The van der Waals surface area contributed by atoms with Gasteiger partial charge in [0.15, 0.2) is 0 Å². The Kier molecular flexibility index (Phi) is 9.91. The number of nitrogens with zero attached hydrogens (tertiary/aromatic N) is 3. The standard InChI is InChI=1S/C35H37F4N5O2/c1-34(2,3)41-30(45)12-8-18-44-17-7-11-26(22-44)46-31-16-14-25(21-40-31)32(24-13-15-29-27(19-24)33(36)43-42-29)28(20-35(37,38)39)23-9-5-4-6-10-23/h4-6,8-10,12-16,19,21,26H,7,11,17-18,20,22H2,1-3H3,(H,41,45)(H,42,43)/b12-8+,32-28-. The molecular weight excluding hydrogens is 598 g/mol. The van der Waals surface area contributed by atoms with Crippen LogP contribution in [-0.2, 0) is 4.79 Å². The van der Waals surface area contributed by atoms with E-state index in [-0.39, 0.29) is 34.1 Å². The maximum Gasteiger partial charge on any atom is 0.393 e. The zero-order chi connectivity index (χ0) is 32.9.